The molecule has 3 rings (SSSR count). The van der Waals surface area contributed by atoms with Gasteiger partial charge in [0, 0.05) is 10.0 Å². The molecule has 0 aliphatic carbocycles. The van der Waals surface area contributed by atoms with Crippen LogP contribution in [0.15, 0.2) is 40.9 Å². The molecule has 3 nitrogen and oxygen atoms in total. The van der Waals surface area contributed by atoms with Gasteiger partial charge in [-0.25, -0.2) is 4.39 Å². The summed E-state index contributed by atoms with van der Waals surface area (Å²) < 4.78 is 14.5. The molecular formula is C16H11BrFNO2. The minimum absolute atomic E-state index is 0.0728. The summed E-state index contributed by atoms with van der Waals surface area (Å²) in [5, 5.41) is 0. The Kier molecular flexibility index (Phi) is 3.37. The number of amides is 2. The van der Waals surface area contributed by atoms with Gasteiger partial charge in [-0.1, -0.05) is 27.6 Å². The number of benzene rings is 2. The fourth-order valence-electron chi connectivity index (χ4n) is 2.38. The van der Waals surface area contributed by atoms with Gasteiger partial charge in [0.25, 0.3) is 11.8 Å². The molecule has 1 aliphatic heterocycles. The smallest absolute Gasteiger partial charge is 0.261 e. The van der Waals surface area contributed by atoms with Gasteiger partial charge in [0.05, 0.1) is 17.7 Å². The predicted molar refractivity (Wildman–Crippen MR) is 79.5 cm³/mol. The Balaban J connectivity index is 1.97. The van der Waals surface area contributed by atoms with Crippen molar-refractivity contribution in [2.75, 3.05) is 0 Å². The first-order valence-corrected chi connectivity index (χ1v) is 7.17. The summed E-state index contributed by atoms with van der Waals surface area (Å²) >= 11 is 3.26. The highest BCUT2D eigenvalue weighted by molar-refractivity contribution is 9.10. The van der Waals surface area contributed by atoms with Crippen LogP contribution in [0.5, 0.6) is 0 Å². The number of carbonyl (C=O) groups is 2. The van der Waals surface area contributed by atoms with Crippen LogP contribution in [0, 0.1) is 12.7 Å². The normalized spacial score (nSPS) is 13.8. The zero-order chi connectivity index (χ0) is 15.1. The van der Waals surface area contributed by atoms with E-state index < -0.39 is 5.82 Å². The Morgan fingerprint density at radius 3 is 2.52 bits per heavy atom. The van der Waals surface area contributed by atoms with E-state index in [2.05, 4.69) is 15.9 Å². The van der Waals surface area contributed by atoms with E-state index in [0.29, 0.717) is 21.2 Å². The molecule has 0 aromatic heterocycles. The van der Waals surface area contributed by atoms with E-state index in [0.717, 1.165) is 10.5 Å². The highest BCUT2D eigenvalue weighted by Crippen LogP contribution is 2.26. The maximum Gasteiger partial charge on any atom is 0.261 e. The van der Waals surface area contributed by atoms with Gasteiger partial charge in [0.1, 0.15) is 5.82 Å². The Morgan fingerprint density at radius 1 is 1.05 bits per heavy atom. The van der Waals surface area contributed by atoms with Gasteiger partial charge in [-0.2, -0.15) is 0 Å². The number of aryl methyl sites for hydroxylation is 1. The Hall–Kier alpha value is -2.01. The molecule has 5 heteroatoms. The average molecular weight is 348 g/mol. The van der Waals surface area contributed by atoms with Crippen molar-refractivity contribution >= 4 is 27.7 Å². The second kappa shape index (κ2) is 5.07. The Morgan fingerprint density at radius 2 is 1.76 bits per heavy atom. The van der Waals surface area contributed by atoms with Crippen LogP contribution < -0.4 is 0 Å². The van der Waals surface area contributed by atoms with Crippen LogP contribution in [-0.2, 0) is 6.54 Å². The van der Waals surface area contributed by atoms with Crippen molar-refractivity contribution in [3.05, 3.63) is 68.9 Å². The van der Waals surface area contributed by atoms with E-state index in [1.807, 2.05) is 6.92 Å². The van der Waals surface area contributed by atoms with Crippen LogP contribution in [-0.4, -0.2) is 16.7 Å². The number of carbonyl (C=O) groups excluding carboxylic acids is 2. The van der Waals surface area contributed by atoms with Crippen molar-refractivity contribution in [1.82, 2.24) is 4.90 Å². The molecule has 0 spiro atoms. The first-order chi connectivity index (χ1) is 9.97. The number of hydrogen-bond donors (Lipinski definition) is 0. The standard InChI is InChI=1S/C16H11BrFNO2/c1-9-2-4-12-13(6-9)16(21)19(15(12)20)8-10-7-11(17)3-5-14(10)18/h2-7H,8H2,1H3. The highest BCUT2D eigenvalue weighted by atomic mass is 79.9. The molecule has 0 atom stereocenters. The number of fused-ring (bicyclic) bond motifs is 1. The monoisotopic (exact) mass is 347 g/mol. The summed E-state index contributed by atoms with van der Waals surface area (Å²) in [5.41, 5.74) is 1.97. The number of halogens is 2. The van der Waals surface area contributed by atoms with Crippen molar-refractivity contribution in [3.63, 3.8) is 0 Å². The minimum atomic E-state index is -0.439. The van der Waals surface area contributed by atoms with E-state index in [9.17, 15) is 14.0 Å². The first-order valence-electron chi connectivity index (χ1n) is 6.38. The first kappa shape index (κ1) is 13.9. The van der Waals surface area contributed by atoms with Crippen molar-refractivity contribution in [2.45, 2.75) is 13.5 Å². The molecule has 2 aromatic rings. The van der Waals surface area contributed by atoms with E-state index in [-0.39, 0.29) is 18.4 Å². The zero-order valence-electron chi connectivity index (χ0n) is 11.2. The van der Waals surface area contributed by atoms with Crippen LogP contribution in [0.1, 0.15) is 31.8 Å². The van der Waals surface area contributed by atoms with E-state index in [1.165, 1.54) is 6.07 Å². The zero-order valence-corrected chi connectivity index (χ0v) is 12.8. The van der Waals surface area contributed by atoms with Crippen molar-refractivity contribution in [1.29, 1.82) is 0 Å². The third-order valence-corrected chi connectivity index (χ3v) is 3.96. The van der Waals surface area contributed by atoms with Crippen molar-refractivity contribution in [3.8, 4) is 0 Å². The molecule has 106 valence electrons. The lowest BCUT2D eigenvalue weighted by Crippen LogP contribution is -2.29. The number of rotatable bonds is 2. The fourth-order valence-corrected chi connectivity index (χ4v) is 2.79. The number of nitrogens with zero attached hydrogens (tertiary/aromatic N) is 1. The Labute approximate surface area is 129 Å². The van der Waals surface area contributed by atoms with Crippen LogP contribution in [0.3, 0.4) is 0 Å². The lowest BCUT2D eigenvalue weighted by atomic mass is 10.1. The molecular weight excluding hydrogens is 337 g/mol. The van der Waals surface area contributed by atoms with Gasteiger partial charge in [0.2, 0.25) is 0 Å². The van der Waals surface area contributed by atoms with E-state index in [4.69, 9.17) is 0 Å². The fraction of sp³-hybridized carbons (Fsp3) is 0.125. The van der Waals surface area contributed by atoms with Gasteiger partial charge in [-0.15, -0.1) is 0 Å². The molecule has 0 radical (unpaired) electrons. The molecule has 0 fully saturated rings. The van der Waals surface area contributed by atoms with Crippen molar-refractivity contribution < 1.29 is 14.0 Å². The predicted octanol–water partition coefficient (Wildman–Crippen LogP) is 3.69. The molecule has 0 saturated heterocycles. The maximum atomic E-state index is 13.8. The topological polar surface area (TPSA) is 37.4 Å². The molecule has 0 bridgehead atoms. The molecule has 2 aromatic carbocycles. The summed E-state index contributed by atoms with van der Waals surface area (Å²) in [5.74, 6) is -1.20. The Bertz CT molecular complexity index is 773. The van der Waals surface area contributed by atoms with Gasteiger partial charge in [-0.3, -0.25) is 14.5 Å². The maximum absolute atomic E-state index is 13.8. The third-order valence-electron chi connectivity index (χ3n) is 3.46. The average Bonchev–Trinajstić information content (AvgIpc) is 2.67. The summed E-state index contributed by atoms with van der Waals surface area (Å²) in [6, 6.07) is 9.57. The van der Waals surface area contributed by atoms with E-state index in [1.54, 1.807) is 30.3 Å². The largest absolute Gasteiger partial charge is 0.270 e. The molecule has 21 heavy (non-hydrogen) atoms. The van der Waals surface area contributed by atoms with E-state index >= 15 is 0 Å². The summed E-state index contributed by atoms with van der Waals surface area (Å²) in [4.78, 5) is 25.7. The van der Waals surface area contributed by atoms with Gasteiger partial charge >= 0.3 is 0 Å². The molecule has 1 heterocycles. The summed E-state index contributed by atoms with van der Waals surface area (Å²) in [7, 11) is 0. The van der Waals surface area contributed by atoms with Gasteiger partial charge in [0.15, 0.2) is 0 Å². The van der Waals surface area contributed by atoms with Crippen LogP contribution in [0.25, 0.3) is 0 Å². The van der Waals surface area contributed by atoms with Gasteiger partial charge in [-0.05, 0) is 37.3 Å². The van der Waals surface area contributed by atoms with Crippen LogP contribution in [0.2, 0.25) is 0 Å². The third kappa shape index (κ3) is 2.38. The molecule has 2 amide bonds. The highest BCUT2D eigenvalue weighted by Gasteiger charge is 2.35. The second-order valence-corrected chi connectivity index (χ2v) is 5.90. The molecule has 0 N–H and O–H groups in total. The summed E-state index contributed by atoms with van der Waals surface area (Å²) in [6.45, 7) is 1.78. The number of imide groups is 1. The lowest BCUT2D eigenvalue weighted by Gasteiger charge is -2.14. The van der Waals surface area contributed by atoms with Crippen LogP contribution >= 0.6 is 15.9 Å². The minimum Gasteiger partial charge on any atom is -0.270 e. The molecule has 0 saturated carbocycles. The quantitative estimate of drug-likeness (QED) is 0.777. The SMILES string of the molecule is Cc1ccc2c(c1)C(=O)N(Cc1cc(Br)ccc1F)C2=O. The van der Waals surface area contributed by atoms with Crippen LogP contribution in [0.4, 0.5) is 4.39 Å². The second-order valence-electron chi connectivity index (χ2n) is 4.98. The molecule has 0 unspecified atom stereocenters. The van der Waals surface area contributed by atoms with Gasteiger partial charge < -0.3 is 0 Å². The lowest BCUT2D eigenvalue weighted by molar-refractivity contribution is 0.0641. The molecule has 1 aliphatic rings. The summed E-state index contributed by atoms with van der Waals surface area (Å²) in [6.07, 6.45) is 0. The van der Waals surface area contributed by atoms with Crippen molar-refractivity contribution in [2.24, 2.45) is 0 Å². The number of hydrogen-bond acceptors (Lipinski definition) is 2.